The molecule has 134 valence electrons. The fraction of sp³-hybridized carbons (Fsp3) is 0.263. The van der Waals surface area contributed by atoms with Crippen LogP contribution in [-0.2, 0) is 0 Å². The van der Waals surface area contributed by atoms with E-state index in [0.717, 1.165) is 32.1 Å². The third kappa shape index (κ3) is 3.67. The fourth-order valence-corrected chi connectivity index (χ4v) is 3.59. The number of nitro groups is 1. The predicted molar refractivity (Wildman–Crippen MR) is 107 cm³/mol. The molecule has 0 aliphatic heterocycles. The molecule has 0 aliphatic carbocycles. The van der Waals surface area contributed by atoms with Gasteiger partial charge in [-0.1, -0.05) is 22.0 Å². The lowest BCUT2D eigenvalue weighted by Gasteiger charge is -2.18. The summed E-state index contributed by atoms with van der Waals surface area (Å²) in [5.74, 6) is 1.39. The SMILES string of the molecule is Cc1cc([C@@H](C)Nc2nc(C)nc3c(C)cc(Br)cc23)cc([N+](=O)[O-])c1. The molecule has 2 aromatic carbocycles. The molecule has 7 heteroatoms. The molecule has 0 bridgehead atoms. The van der Waals surface area contributed by atoms with Crippen LogP contribution in [0.3, 0.4) is 0 Å². The molecule has 6 nitrogen and oxygen atoms in total. The van der Waals surface area contributed by atoms with Crippen molar-refractivity contribution in [2.75, 3.05) is 5.32 Å². The number of anilines is 1. The Kier molecular flexibility index (Phi) is 4.91. The zero-order valence-corrected chi connectivity index (χ0v) is 16.6. The Bertz CT molecular complexity index is 1020. The highest BCUT2D eigenvalue weighted by molar-refractivity contribution is 9.10. The Morgan fingerprint density at radius 1 is 1.12 bits per heavy atom. The summed E-state index contributed by atoms with van der Waals surface area (Å²) in [6, 6.07) is 8.97. The van der Waals surface area contributed by atoms with Gasteiger partial charge in [0.25, 0.3) is 5.69 Å². The maximum absolute atomic E-state index is 11.1. The number of rotatable bonds is 4. The third-order valence-corrected chi connectivity index (χ3v) is 4.67. The molecule has 0 amide bonds. The molecule has 0 fully saturated rings. The van der Waals surface area contributed by atoms with Crippen LogP contribution in [0.5, 0.6) is 0 Å². The zero-order valence-electron chi connectivity index (χ0n) is 15.0. The van der Waals surface area contributed by atoms with E-state index in [1.807, 2.05) is 45.9 Å². The first-order valence-corrected chi connectivity index (χ1v) is 9.01. The number of non-ortho nitro benzene ring substituents is 1. The summed E-state index contributed by atoms with van der Waals surface area (Å²) in [5, 5.41) is 15.4. The molecule has 0 saturated heterocycles. The Hall–Kier alpha value is -2.54. The number of benzene rings is 2. The van der Waals surface area contributed by atoms with Crippen LogP contribution in [-0.4, -0.2) is 14.9 Å². The smallest absolute Gasteiger partial charge is 0.270 e. The largest absolute Gasteiger partial charge is 0.363 e. The van der Waals surface area contributed by atoms with Crippen LogP contribution in [0.4, 0.5) is 11.5 Å². The van der Waals surface area contributed by atoms with Crippen LogP contribution in [0.2, 0.25) is 0 Å². The number of aryl methyl sites for hydroxylation is 3. The van der Waals surface area contributed by atoms with E-state index in [9.17, 15) is 10.1 Å². The molecule has 0 aliphatic rings. The fourth-order valence-electron chi connectivity index (χ4n) is 3.02. The van der Waals surface area contributed by atoms with Crippen molar-refractivity contribution in [1.29, 1.82) is 0 Å². The van der Waals surface area contributed by atoms with Crippen molar-refractivity contribution < 1.29 is 4.92 Å². The van der Waals surface area contributed by atoms with Crippen molar-refractivity contribution in [2.45, 2.75) is 33.7 Å². The van der Waals surface area contributed by atoms with E-state index in [2.05, 4.69) is 31.2 Å². The number of halogens is 1. The molecular formula is C19H19BrN4O2. The normalized spacial score (nSPS) is 12.2. The summed E-state index contributed by atoms with van der Waals surface area (Å²) >= 11 is 3.52. The number of hydrogen-bond donors (Lipinski definition) is 1. The number of nitro benzene ring substituents is 1. The minimum absolute atomic E-state index is 0.0935. The zero-order chi connectivity index (χ0) is 19.0. The average molecular weight is 415 g/mol. The van der Waals surface area contributed by atoms with E-state index in [4.69, 9.17) is 0 Å². The van der Waals surface area contributed by atoms with Crippen molar-refractivity contribution in [3.05, 3.63) is 67.4 Å². The van der Waals surface area contributed by atoms with Crippen LogP contribution in [0.1, 0.15) is 35.5 Å². The second-order valence-electron chi connectivity index (χ2n) is 6.46. The lowest BCUT2D eigenvalue weighted by molar-refractivity contribution is -0.385. The van der Waals surface area contributed by atoms with Crippen LogP contribution in [0.25, 0.3) is 10.9 Å². The van der Waals surface area contributed by atoms with Gasteiger partial charge < -0.3 is 5.32 Å². The van der Waals surface area contributed by atoms with Gasteiger partial charge >= 0.3 is 0 Å². The van der Waals surface area contributed by atoms with Gasteiger partial charge in [-0.25, -0.2) is 9.97 Å². The molecule has 0 saturated carbocycles. The molecule has 3 rings (SSSR count). The average Bonchev–Trinajstić information content (AvgIpc) is 2.55. The summed E-state index contributed by atoms with van der Waals surface area (Å²) in [5.41, 5.74) is 3.74. The second kappa shape index (κ2) is 6.99. The number of nitrogens with one attached hydrogen (secondary N) is 1. The van der Waals surface area contributed by atoms with E-state index in [1.165, 1.54) is 0 Å². The highest BCUT2D eigenvalue weighted by atomic mass is 79.9. The predicted octanol–water partition coefficient (Wildman–Crippen LogP) is 5.40. The molecule has 26 heavy (non-hydrogen) atoms. The highest BCUT2D eigenvalue weighted by Crippen LogP contribution is 2.30. The first-order chi connectivity index (χ1) is 12.2. The van der Waals surface area contributed by atoms with Gasteiger partial charge in [0, 0.05) is 22.0 Å². The molecular weight excluding hydrogens is 396 g/mol. The van der Waals surface area contributed by atoms with Gasteiger partial charge in [0.1, 0.15) is 11.6 Å². The molecule has 0 spiro atoms. The number of hydrogen-bond acceptors (Lipinski definition) is 5. The molecule has 1 heterocycles. The monoisotopic (exact) mass is 414 g/mol. The van der Waals surface area contributed by atoms with Crippen molar-refractivity contribution in [3.8, 4) is 0 Å². The molecule has 1 aromatic heterocycles. The second-order valence-corrected chi connectivity index (χ2v) is 7.38. The topological polar surface area (TPSA) is 81.0 Å². The summed E-state index contributed by atoms with van der Waals surface area (Å²) < 4.78 is 0.955. The summed E-state index contributed by atoms with van der Waals surface area (Å²) in [6.07, 6.45) is 0. The van der Waals surface area contributed by atoms with Crippen LogP contribution < -0.4 is 5.32 Å². The van der Waals surface area contributed by atoms with Crippen LogP contribution in [0, 0.1) is 30.9 Å². The van der Waals surface area contributed by atoms with Crippen molar-refractivity contribution in [2.24, 2.45) is 0 Å². The van der Waals surface area contributed by atoms with Gasteiger partial charge in [-0.3, -0.25) is 10.1 Å². The summed E-state index contributed by atoms with van der Waals surface area (Å²) in [6.45, 7) is 7.69. The van der Waals surface area contributed by atoms with E-state index in [0.29, 0.717) is 11.6 Å². The lowest BCUT2D eigenvalue weighted by atomic mass is 10.0. The highest BCUT2D eigenvalue weighted by Gasteiger charge is 2.16. The summed E-state index contributed by atoms with van der Waals surface area (Å²) in [7, 11) is 0. The van der Waals surface area contributed by atoms with E-state index in [1.54, 1.807) is 12.1 Å². The first kappa shape index (κ1) is 18.3. The Labute approximate surface area is 160 Å². The van der Waals surface area contributed by atoms with E-state index in [-0.39, 0.29) is 16.7 Å². The maximum Gasteiger partial charge on any atom is 0.270 e. The molecule has 1 atom stereocenters. The quantitative estimate of drug-likeness (QED) is 0.456. The van der Waals surface area contributed by atoms with E-state index < -0.39 is 0 Å². The van der Waals surface area contributed by atoms with Crippen LogP contribution in [0.15, 0.2) is 34.8 Å². The lowest BCUT2D eigenvalue weighted by Crippen LogP contribution is -2.10. The molecule has 1 N–H and O–H groups in total. The van der Waals surface area contributed by atoms with E-state index >= 15 is 0 Å². The van der Waals surface area contributed by atoms with Gasteiger partial charge in [0.2, 0.25) is 0 Å². The van der Waals surface area contributed by atoms with Crippen molar-refractivity contribution in [3.63, 3.8) is 0 Å². The molecule has 3 aromatic rings. The number of aromatic nitrogens is 2. The number of fused-ring (bicyclic) bond motifs is 1. The minimum atomic E-state index is -0.367. The maximum atomic E-state index is 11.1. The van der Waals surface area contributed by atoms with Gasteiger partial charge in [0.05, 0.1) is 16.5 Å². The first-order valence-electron chi connectivity index (χ1n) is 8.21. The Morgan fingerprint density at radius 3 is 2.54 bits per heavy atom. The Balaban J connectivity index is 2.05. The van der Waals surface area contributed by atoms with Crippen LogP contribution >= 0.6 is 15.9 Å². The number of nitrogens with zero attached hydrogens (tertiary/aromatic N) is 3. The minimum Gasteiger partial charge on any atom is -0.363 e. The summed E-state index contributed by atoms with van der Waals surface area (Å²) in [4.78, 5) is 19.9. The van der Waals surface area contributed by atoms with Gasteiger partial charge in [-0.05, 0) is 56.5 Å². The third-order valence-electron chi connectivity index (χ3n) is 4.22. The van der Waals surface area contributed by atoms with Gasteiger partial charge in [-0.15, -0.1) is 0 Å². The van der Waals surface area contributed by atoms with Crippen molar-refractivity contribution in [1.82, 2.24) is 9.97 Å². The Morgan fingerprint density at radius 2 is 1.85 bits per heavy atom. The molecule has 0 unspecified atom stereocenters. The van der Waals surface area contributed by atoms with Gasteiger partial charge in [0.15, 0.2) is 0 Å². The molecule has 0 radical (unpaired) electrons. The van der Waals surface area contributed by atoms with Crippen molar-refractivity contribution >= 4 is 38.3 Å². The van der Waals surface area contributed by atoms with Gasteiger partial charge in [-0.2, -0.15) is 0 Å². The standard InChI is InChI=1S/C19H19BrN4O2/c1-10-5-14(8-16(6-10)24(25)26)12(3)21-19-17-9-15(20)7-11(2)18(17)22-13(4)23-19/h5-9,12H,1-4H3,(H,21,22,23)/t12-/m1/s1.